The molecule has 1 amide bonds. The van der Waals surface area contributed by atoms with Crippen molar-refractivity contribution >= 4 is 22.0 Å². The van der Waals surface area contributed by atoms with Gasteiger partial charge in [0.05, 0.1) is 5.75 Å². The van der Waals surface area contributed by atoms with Crippen LogP contribution in [0.5, 0.6) is 0 Å². The van der Waals surface area contributed by atoms with Gasteiger partial charge in [0.2, 0.25) is 11.7 Å². The Balaban J connectivity index is 2.83. The van der Waals surface area contributed by atoms with Gasteiger partial charge in [-0.1, -0.05) is 13.8 Å². The Morgan fingerprint density at radius 1 is 1.43 bits per heavy atom. The van der Waals surface area contributed by atoms with E-state index in [0.29, 0.717) is 0 Å². The topological polar surface area (TPSA) is 119 Å². The van der Waals surface area contributed by atoms with E-state index in [1.807, 2.05) is 0 Å². The Hall–Kier alpha value is -1.19. The number of amides is 1. The lowest BCUT2D eigenvalue weighted by molar-refractivity contribution is -0.163. The van der Waals surface area contributed by atoms with Gasteiger partial charge in [0.15, 0.2) is 6.10 Å². The van der Waals surface area contributed by atoms with Gasteiger partial charge in [0.25, 0.3) is 10.1 Å². The number of carbonyl (C=O) groups is 2. The summed E-state index contributed by atoms with van der Waals surface area (Å²) < 4.78 is 41.5. The monoisotopic (exact) mass is 351 g/mol. The van der Waals surface area contributed by atoms with Crippen LogP contribution in [0.4, 0.5) is 0 Å². The zero-order chi connectivity index (χ0) is 18.1. The molecule has 0 spiro atoms. The summed E-state index contributed by atoms with van der Waals surface area (Å²) in [6, 6.07) is -0.524. The number of hydrogen-bond acceptors (Lipinski definition) is 6. The molecule has 9 heteroatoms. The summed E-state index contributed by atoms with van der Waals surface area (Å²) in [5.41, 5.74) is -0.697. The molecule has 0 aromatic heterocycles. The Bertz CT molecular complexity index is 568. The van der Waals surface area contributed by atoms with Gasteiger partial charge in [-0.2, -0.15) is 8.42 Å². The smallest absolute Gasteiger partial charge is 0.338 e. The Labute approximate surface area is 136 Å². The van der Waals surface area contributed by atoms with Crippen molar-refractivity contribution < 1.29 is 32.0 Å². The number of cyclic esters (lactones) is 1. The first-order valence-corrected chi connectivity index (χ1v) is 8.96. The average molecular weight is 351 g/mol. The van der Waals surface area contributed by atoms with E-state index in [1.54, 1.807) is 27.7 Å². The maximum Gasteiger partial charge on any atom is 0.338 e. The summed E-state index contributed by atoms with van der Waals surface area (Å²) in [4.78, 5) is 23.3. The van der Waals surface area contributed by atoms with Crippen molar-refractivity contribution in [3.05, 3.63) is 0 Å². The highest BCUT2D eigenvalue weighted by Gasteiger charge is 2.49. The van der Waals surface area contributed by atoms with Gasteiger partial charge in [0.1, 0.15) is 0 Å². The molecule has 0 aromatic rings. The van der Waals surface area contributed by atoms with Crippen molar-refractivity contribution in [2.75, 3.05) is 5.75 Å². The van der Waals surface area contributed by atoms with Crippen LogP contribution in [-0.4, -0.2) is 48.5 Å². The van der Waals surface area contributed by atoms with E-state index in [4.69, 9.17) is 14.0 Å². The molecule has 1 fully saturated rings. The third-order valence-electron chi connectivity index (χ3n) is 3.58. The number of hydrogen-bond donors (Lipinski definition) is 2. The molecule has 1 rings (SSSR count). The maximum atomic E-state index is 12.0. The normalized spacial score (nSPS) is 22.5. The van der Waals surface area contributed by atoms with Crippen molar-refractivity contribution in [2.45, 2.75) is 65.4 Å². The van der Waals surface area contributed by atoms with Crippen LogP contribution in [0.1, 0.15) is 47.5 Å². The molecule has 2 atom stereocenters. The molecule has 1 heterocycles. The fourth-order valence-corrected chi connectivity index (χ4v) is 3.26. The van der Waals surface area contributed by atoms with Crippen LogP contribution >= 0.6 is 0 Å². The first-order chi connectivity index (χ1) is 10.2. The van der Waals surface area contributed by atoms with Gasteiger partial charge in [0, 0.05) is 32.2 Å². The zero-order valence-electron chi connectivity index (χ0n) is 14.1. The Kier molecular flexibility index (Phi) is 5.82. The van der Waals surface area contributed by atoms with Crippen LogP contribution in [0.25, 0.3) is 0 Å². The summed E-state index contributed by atoms with van der Waals surface area (Å²) in [5.74, 6) is -2.31. The lowest BCUT2D eigenvalue weighted by atomic mass is 9.79. The van der Waals surface area contributed by atoms with Crippen LogP contribution in [0.15, 0.2) is 0 Å². The van der Waals surface area contributed by atoms with Crippen molar-refractivity contribution in [3.63, 3.8) is 0 Å². The van der Waals surface area contributed by atoms with Crippen LogP contribution in [0, 0.1) is 5.41 Å². The molecule has 2 unspecified atom stereocenters. The second-order valence-electron chi connectivity index (χ2n) is 6.98. The van der Waals surface area contributed by atoms with E-state index in [-0.39, 0.29) is 18.7 Å². The largest absolute Gasteiger partial charge is 0.432 e. The summed E-state index contributed by atoms with van der Waals surface area (Å²) in [7, 11) is -4.13. The van der Waals surface area contributed by atoms with Crippen molar-refractivity contribution in [3.8, 4) is 0 Å². The maximum absolute atomic E-state index is 12.0. The minimum atomic E-state index is -4.13. The first kappa shape index (κ1) is 19.9. The molecule has 2 N–H and O–H groups in total. The molecule has 0 aliphatic carbocycles. The number of esters is 1. The van der Waals surface area contributed by atoms with Crippen LogP contribution in [0.3, 0.4) is 0 Å². The van der Waals surface area contributed by atoms with E-state index in [9.17, 15) is 18.0 Å². The fraction of sp³-hybridized carbons (Fsp3) is 0.857. The predicted octanol–water partition coefficient (Wildman–Crippen LogP) is 0.863. The minimum absolute atomic E-state index is 0.0347. The van der Waals surface area contributed by atoms with Gasteiger partial charge in [-0.15, -0.1) is 0 Å². The fourth-order valence-electron chi connectivity index (χ4n) is 2.68. The lowest BCUT2D eigenvalue weighted by Gasteiger charge is -2.33. The molecule has 0 radical (unpaired) electrons. The van der Waals surface area contributed by atoms with Crippen molar-refractivity contribution in [1.82, 2.24) is 5.32 Å². The van der Waals surface area contributed by atoms with Gasteiger partial charge in [-0.25, -0.2) is 4.79 Å². The lowest BCUT2D eigenvalue weighted by Crippen LogP contribution is -2.44. The summed E-state index contributed by atoms with van der Waals surface area (Å²) in [5, 5.41) is 2.65. The average Bonchev–Trinajstić information content (AvgIpc) is 2.58. The number of nitrogens with one attached hydrogen (secondary N) is 1. The predicted molar refractivity (Wildman–Crippen MR) is 82.1 cm³/mol. The molecule has 1 saturated heterocycles. The standard InChI is InChI=1S/C14H25NO7S/c1-9(16)15-10(6-7-23(18,19)20)8-13(2,3)11-12(17)22-14(4,5)21-11/h10-11H,6-8H2,1-5H3,(H,15,16)(H,18,19,20). The molecular formula is C14H25NO7S. The Morgan fingerprint density at radius 3 is 2.39 bits per heavy atom. The molecule has 1 aliphatic heterocycles. The highest BCUT2D eigenvalue weighted by molar-refractivity contribution is 7.85. The molecule has 23 heavy (non-hydrogen) atoms. The highest BCUT2D eigenvalue weighted by Crippen LogP contribution is 2.38. The minimum Gasteiger partial charge on any atom is -0.432 e. The van der Waals surface area contributed by atoms with E-state index in [0.717, 1.165) is 0 Å². The first-order valence-electron chi connectivity index (χ1n) is 7.35. The SMILES string of the molecule is CC(=O)NC(CCS(=O)(=O)O)CC(C)(C)C1OC(C)(C)OC1=O. The van der Waals surface area contributed by atoms with Gasteiger partial charge in [-0.3, -0.25) is 9.35 Å². The molecule has 0 aromatic carbocycles. The molecule has 134 valence electrons. The van der Waals surface area contributed by atoms with Gasteiger partial charge >= 0.3 is 5.97 Å². The molecule has 0 saturated carbocycles. The third kappa shape index (κ3) is 6.44. The number of rotatable bonds is 7. The second kappa shape index (κ2) is 6.74. The van der Waals surface area contributed by atoms with E-state index in [2.05, 4.69) is 5.32 Å². The van der Waals surface area contributed by atoms with E-state index in [1.165, 1.54) is 6.92 Å². The summed E-state index contributed by atoms with van der Waals surface area (Å²) in [6.45, 7) is 8.14. The molecule has 1 aliphatic rings. The van der Waals surface area contributed by atoms with Crippen LogP contribution in [-0.2, 0) is 29.2 Å². The van der Waals surface area contributed by atoms with E-state index < -0.39 is 45.2 Å². The van der Waals surface area contributed by atoms with Crippen molar-refractivity contribution in [1.29, 1.82) is 0 Å². The van der Waals surface area contributed by atoms with E-state index >= 15 is 0 Å². The summed E-state index contributed by atoms with van der Waals surface area (Å²) >= 11 is 0. The van der Waals surface area contributed by atoms with Crippen LogP contribution in [0.2, 0.25) is 0 Å². The highest BCUT2D eigenvalue weighted by atomic mass is 32.2. The quantitative estimate of drug-likeness (QED) is 0.516. The number of ether oxygens (including phenoxy) is 2. The third-order valence-corrected chi connectivity index (χ3v) is 4.33. The molecular weight excluding hydrogens is 326 g/mol. The van der Waals surface area contributed by atoms with Gasteiger partial charge < -0.3 is 14.8 Å². The Morgan fingerprint density at radius 2 is 2.00 bits per heavy atom. The molecule has 8 nitrogen and oxygen atoms in total. The summed E-state index contributed by atoms with van der Waals surface area (Å²) in [6.07, 6.45) is -0.496. The second-order valence-corrected chi connectivity index (χ2v) is 8.56. The van der Waals surface area contributed by atoms with Crippen LogP contribution < -0.4 is 5.32 Å². The van der Waals surface area contributed by atoms with Gasteiger partial charge in [-0.05, 0) is 12.8 Å². The van der Waals surface area contributed by atoms with Crippen molar-refractivity contribution in [2.24, 2.45) is 5.41 Å². The number of carbonyl (C=O) groups excluding carboxylic acids is 2. The zero-order valence-corrected chi connectivity index (χ0v) is 14.9. The molecule has 0 bridgehead atoms.